The van der Waals surface area contributed by atoms with E-state index in [1.54, 1.807) is 11.3 Å². The molecule has 1 N–H and O–H groups in total. The summed E-state index contributed by atoms with van der Waals surface area (Å²) in [6, 6.07) is 8.43. The molecule has 18 heavy (non-hydrogen) atoms. The van der Waals surface area contributed by atoms with Gasteiger partial charge in [0, 0.05) is 28.6 Å². The first-order valence-corrected chi connectivity index (χ1v) is 7.22. The van der Waals surface area contributed by atoms with Crippen molar-refractivity contribution in [3.63, 3.8) is 0 Å². The highest BCUT2D eigenvalue weighted by Crippen LogP contribution is 2.22. The molecule has 2 aromatic rings. The molecular weight excluding hydrogens is 264 g/mol. The van der Waals surface area contributed by atoms with Crippen molar-refractivity contribution in [2.45, 2.75) is 25.8 Å². The van der Waals surface area contributed by atoms with Crippen molar-refractivity contribution in [3.05, 3.63) is 50.9 Å². The Hall–Kier alpha value is -0.900. The third kappa shape index (κ3) is 3.55. The van der Waals surface area contributed by atoms with Crippen LogP contribution in [0.1, 0.15) is 22.4 Å². The van der Waals surface area contributed by atoms with Gasteiger partial charge in [0.1, 0.15) is 0 Å². The molecule has 0 amide bonds. The van der Waals surface area contributed by atoms with Gasteiger partial charge in [0.25, 0.3) is 0 Å². The number of thiazole rings is 1. The molecular formula is C14H17ClN2S. The van der Waals surface area contributed by atoms with Gasteiger partial charge in [-0.05, 0) is 32.0 Å². The third-order valence-electron chi connectivity index (χ3n) is 2.90. The normalized spacial score (nSPS) is 12.6. The van der Waals surface area contributed by atoms with Gasteiger partial charge in [0.15, 0.2) is 0 Å². The molecule has 1 aromatic carbocycles. The number of nitrogens with one attached hydrogen (secondary N) is 1. The van der Waals surface area contributed by atoms with E-state index in [9.17, 15) is 0 Å². The van der Waals surface area contributed by atoms with Crippen LogP contribution in [-0.4, -0.2) is 18.1 Å². The summed E-state index contributed by atoms with van der Waals surface area (Å²) >= 11 is 7.92. The SMILES string of the molecule is CNC(C)Cc1cnc(Cc2ccccc2Cl)s1. The number of nitrogens with zero attached hydrogens (tertiary/aromatic N) is 1. The Bertz CT molecular complexity index is 510. The zero-order valence-electron chi connectivity index (χ0n) is 10.6. The van der Waals surface area contributed by atoms with Gasteiger partial charge in [-0.2, -0.15) is 0 Å². The average molecular weight is 281 g/mol. The Morgan fingerprint density at radius 2 is 2.17 bits per heavy atom. The third-order valence-corrected chi connectivity index (χ3v) is 4.29. The summed E-state index contributed by atoms with van der Waals surface area (Å²) in [5.74, 6) is 0. The highest BCUT2D eigenvalue weighted by molar-refractivity contribution is 7.11. The summed E-state index contributed by atoms with van der Waals surface area (Å²) in [5, 5.41) is 5.18. The van der Waals surface area contributed by atoms with Crippen LogP contribution in [0.3, 0.4) is 0 Å². The summed E-state index contributed by atoms with van der Waals surface area (Å²) in [5.41, 5.74) is 1.14. The lowest BCUT2D eigenvalue weighted by Gasteiger charge is -2.06. The van der Waals surface area contributed by atoms with Crippen LogP contribution >= 0.6 is 22.9 Å². The first kappa shape index (κ1) is 13.5. The topological polar surface area (TPSA) is 24.9 Å². The number of halogens is 1. The molecule has 0 bridgehead atoms. The maximum Gasteiger partial charge on any atom is 0.0972 e. The van der Waals surface area contributed by atoms with Crippen LogP contribution in [0.15, 0.2) is 30.5 Å². The van der Waals surface area contributed by atoms with Gasteiger partial charge in [-0.1, -0.05) is 29.8 Å². The number of aromatic nitrogens is 1. The summed E-state index contributed by atoms with van der Waals surface area (Å²) in [4.78, 5) is 5.79. The lowest BCUT2D eigenvalue weighted by Crippen LogP contribution is -2.22. The monoisotopic (exact) mass is 280 g/mol. The van der Waals surface area contributed by atoms with Crippen LogP contribution in [0, 0.1) is 0 Å². The van der Waals surface area contributed by atoms with Crippen molar-refractivity contribution in [1.82, 2.24) is 10.3 Å². The first-order valence-electron chi connectivity index (χ1n) is 6.03. The molecule has 96 valence electrons. The largest absolute Gasteiger partial charge is 0.317 e. The molecule has 2 nitrogen and oxygen atoms in total. The van der Waals surface area contributed by atoms with Crippen LogP contribution in [0.4, 0.5) is 0 Å². The minimum Gasteiger partial charge on any atom is -0.317 e. The Morgan fingerprint density at radius 3 is 2.89 bits per heavy atom. The second-order valence-corrected chi connectivity index (χ2v) is 5.99. The molecule has 1 aromatic heterocycles. The van der Waals surface area contributed by atoms with Gasteiger partial charge in [-0.3, -0.25) is 0 Å². The van der Waals surface area contributed by atoms with E-state index in [4.69, 9.17) is 11.6 Å². The molecule has 0 spiro atoms. The van der Waals surface area contributed by atoms with Crippen LogP contribution < -0.4 is 5.32 Å². The minimum atomic E-state index is 0.485. The zero-order chi connectivity index (χ0) is 13.0. The predicted molar refractivity (Wildman–Crippen MR) is 78.6 cm³/mol. The first-order chi connectivity index (χ1) is 8.69. The molecule has 1 atom stereocenters. The number of hydrogen-bond acceptors (Lipinski definition) is 3. The maximum absolute atomic E-state index is 6.15. The summed E-state index contributed by atoms with van der Waals surface area (Å²) in [6.45, 7) is 2.17. The van der Waals surface area contributed by atoms with Crippen molar-refractivity contribution < 1.29 is 0 Å². The summed E-state index contributed by atoms with van der Waals surface area (Å²) in [7, 11) is 1.98. The maximum atomic E-state index is 6.15. The van der Waals surface area contributed by atoms with E-state index < -0.39 is 0 Å². The summed E-state index contributed by atoms with van der Waals surface area (Å²) in [6.07, 6.45) is 3.82. The standard InChI is InChI=1S/C14H17ClN2S/c1-10(16-2)7-12-9-17-14(18-12)8-11-5-3-4-6-13(11)15/h3-6,9-10,16H,7-8H2,1-2H3. The molecule has 1 heterocycles. The van der Waals surface area contributed by atoms with E-state index in [1.165, 1.54) is 4.88 Å². The van der Waals surface area contributed by atoms with Crippen molar-refractivity contribution in [2.75, 3.05) is 7.05 Å². The van der Waals surface area contributed by atoms with Gasteiger partial charge in [0.2, 0.25) is 0 Å². The Labute approximate surface area is 117 Å². The van der Waals surface area contributed by atoms with E-state index in [0.717, 1.165) is 28.4 Å². The highest BCUT2D eigenvalue weighted by Gasteiger charge is 2.07. The molecule has 0 aliphatic heterocycles. The van der Waals surface area contributed by atoms with E-state index in [1.807, 2.05) is 31.4 Å². The fourth-order valence-electron chi connectivity index (χ4n) is 1.73. The van der Waals surface area contributed by atoms with Crippen LogP contribution in [0.25, 0.3) is 0 Å². The van der Waals surface area contributed by atoms with Gasteiger partial charge in [-0.25, -0.2) is 4.98 Å². The van der Waals surface area contributed by atoms with E-state index in [-0.39, 0.29) is 0 Å². The number of benzene rings is 1. The van der Waals surface area contributed by atoms with Crippen LogP contribution in [-0.2, 0) is 12.8 Å². The number of rotatable bonds is 5. The summed E-state index contributed by atoms with van der Waals surface area (Å²) < 4.78 is 0. The van der Waals surface area contributed by atoms with Gasteiger partial charge >= 0.3 is 0 Å². The molecule has 0 saturated heterocycles. The quantitative estimate of drug-likeness (QED) is 0.906. The van der Waals surface area contributed by atoms with Crippen LogP contribution in [0.2, 0.25) is 5.02 Å². The minimum absolute atomic E-state index is 0.485. The Kier molecular flexibility index (Phi) is 4.75. The van der Waals surface area contributed by atoms with Crippen molar-refractivity contribution in [1.29, 1.82) is 0 Å². The molecule has 2 rings (SSSR count). The van der Waals surface area contributed by atoms with Crippen molar-refractivity contribution in [2.24, 2.45) is 0 Å². The smallest absolute Gasteiger partial charge is 0.0972 e. The lowest BCUT2D eigenvalue weighted by atomic mass is 10.2. The lowest BCUT2D eigenvalue weighted by molar-refractivity contribution is 0.612. The second kappa shape index (κ2) is 6.32. The van der Waals surface area contributed by atoms with Crippen molar-refractivity contribution in [3.8, 4) is 0 Å². The van der Waals surface area contributed by atoms with E-state index >= 15 is 0 Å². The van der Waals surface area contributed by atoms with Gasteiger partial charge in [0.05, 0.1) is 5.01 Å². The molecule has 4 heteroatoms. The van der Waals surface area contributed by atoms with Gasteiger partial charge < -0.3 is 5.32 Å². The van der Waals surface area contributed by atoms with Gasteiger partial charge in [-0.15, -0.1) is 11.3 Å². The Morgan fingerprint density at radius 1 is 1.39 bits per heavy atom. The zero-order valence-corrected chi connectivity index (χ0v) is 12.2. The van der Waals surface area contributed by atoms with E-state index in [0.29, 0.717) is 6.04 Å². The van der Waals surface area contributed by atoms with E-state index in [2.05, 4.69) is 23.3 Å². The fraction of sp³-hybridized carbons (Fsp3) is 0.357. The van der Waals surface area contributed by atoms with Crippen molar-refractivity contribution >= 4 is 22.9 Å². The van der Waals surface area contributed by atoms with Crippen LogP contribution in [0.5, 0.6) is 0 Å². The molecule has 0 saturated carbocycles. The number of likely N-dealkylation sites (N-methyl/N-ethyl adjacent to an activating group) is 1. The average Bonchev–Trinajstić information content (AvgIpc) is 2.79. The predicted octanol–water partition coefficient (Wildman–Crippen LogP) is 3.54. The highest BCUT2D eigenvalue weighted by atomic mass is 35.5. The molecule has 0 aliphatic rings. The Balaban J connectivity index is 2.05. The fourth-order valence-corrected chi connectivity index (χ4v) is 3.01. The molecule has 0 radical (unpaired) electrons. The molecule has 0 fully saturated rings. The second-order valence-electron chi connectivity index (χ2n) is 4.38. The number of hydrogen-bond donors (Lipinski definition) is 1. The molecule has 0 aliphatic carbocycles. The molecule has 1 unspecified atom stereocenters.